The number of amides is 1. The lowest BCUT2D eigenvalue weighted by Crippen LogP contribution is -2.13. The highest BCUT2D eigenvalue weighted by Gasteiger charge is 2.20. The van der Waals surface area contributed by atoms with E-state index in [0.29, 0.717) is 0 Å². The largest absolute Gasteiger partial charge is 0.496 e. The van der Waals surface area contributed by atoms with Gasteiger partial charge in [-0.2, -0.15) is 5.26 Å². The summed E-state index contributed by atoms with van der Waals surface area (Å²) in [6.07, 6.45) is 0. The Morgan fingerprint density at radius 2 is 2.25 bits per heavy atom. The van der Waals surface area contributed by atoms with E-state index in [-0.39, 0.29) is 16.9 Å². The van der Waals surface area contributed by atoms with Crippen molar-refractivity contribution in [2.24, 2.45) is 5.73 Å². The number of hydrogen-bond donors (Lipinski definition) is 1. The van der Waals surface area contributed by atoms with Gasteiger partial charge in [-0.15, -0.1) is 0 Å². The van der Waals surface area contributed by atoms with Gasteiger partial charge in [0, 0.05) is 12.1 Å². The summed E-state index contributed by atoms with van der Waals surface area (Å²) in [5.74, 6) is -0.820. The molecular weight excluding hydrogens is 214 g/mol. The van der Waals surface area contributed by atoms with Crippen LogP contribution in [0.2, 0.25) is 0 Å². The molecule has 0 atom stereocenters. The van der Waals surface area contributed by atoms with E-state index in [0.717, 1.165) is 12.1 Å². The number of ether oxygens (including phenoxy) is 1. The van der Waals surface area contributed by atoms with Gasteiger partial charge in [0.05, 0.1) is 17.6 Å². The number of nitrogens with zero attached hydrogens (tertiary/aromatic N) is 2. The van der Waals surface area contributed by atoms with Crippen LogP contribution in [0.5, 0.6) is 5.75 Å². The molecule has 0 bridgehead atoms. The molecule has 0 spiro atoms. The normalized spacial score (nSPS) is 9.25. The summed E-state index contributed by atoms with van der Waals surface area (Å²) < 4.78 is 4.81. The van der Waals surface area contributed by atoms with E-state index in [2.05, 4.69) is 0 Å². The van der Waals surface area contributed by atoms with Crippen LogP contribution in [-0.2, 0) is 0 Å². The minimum Gasteiger partial charge on any atom is -0.496 e. The van der Waals surface area contributed by atoms with Crippen LogP contribution in [-0.4, -0.2) is 17.9 Å². The Morgan fingerprint density at radius 1 is 1.62 bits per heavy atom. The van der Waals surface area contributed by atoms with Crippen molar-refractivity contribution in [1.29, 1.82) is 5.26 Å². The predicted octanol–water partition coefficient (Wildman–Crippen LogP) is 0.574. The quantitative estimate of drug-likeness (QED) is 0.591. The Hall–Kier alpha value is -2.62. The zero-order valence-electron chi connectivity index (χ0n) is 8.26. The third kappa shape index (κ3) is 1.90. The van der Waals surface area contributed by atoms with Gasteiger partial charge in [0.15, 0.2) is 0 Å². The fraction of sp³-hybridized carbons (Fsp3) is 0.111. The summed E-state index contributed by atoms with van der Waals surface area (Å²) in [7, 11) is 1.27. The molecule has 7 heteroatoms. The van der Waals surface area contributed by atoms with Crippen molar-refractivity contribution < 1.29 is 14.5 Å². The first kappa shape index (κ1) is 11.5. The second kappa shape index (κ2) is 4.27. The molecule has 1 aromatic rings. The van der Waals surface area contributed by atoms with Crippen LogP contribution in [0.3, 0.4) is 0 Å². The maximum absolute atomic E-state index is 11.0. The topological polar surface area (TPSA) is 119 Å². The number of primary amides is 1. The summed E-state index contributed by atoms with van der Waals surface area (Å²) in [5, 5.41) is 19.3. The van der Waals surface area contributed by atoms with Crippen LogP contribution in [0.1, 0.15) is 15.9 Å². The number of nitrogens with two attached hydrogens (primary N) is 1. The molecule has 0 aromatic heterocycles. The monoisotopic (exact) mass is 221 g/mol. The number of carbonyl (C=O) groups is 1. The van der Waals surface area contributed by atoms with Crippen LogP contribution >= 0.6 is 0 Å². The zero-order chi connectivity index (χ0) is 12.3. The van der Waals surface area contributed by atoms with Gasteiger partial charge in [-0.05, 0) is 0 Å². The fourth-order valence-corrected chi connectivity index (χ4v) is 1.17. The van der Waals surface area contributed by atoms with E-state index < -0.39 is 16.5 Å². The number of rotatable bonds is 3. The van der Waals surface area contributed by atoms with Gasteiger partial charge < -0.3 is 10.5 Å². The van der Waals surface area contributed by atoms with Crippen molar-refractivity contribution >= 4 is 11.6 Å². The third-order valence-electron chi connectivity index (χ3n) is 1.90. The molecule has 0 aliphatic heterocycles. The maximum atomic E-state index is 11.0. The van der Waals surface area contributed by atoms with Crippen LogP contribution in [0.4, 0.5) is 5.69 Å². The molecule has 1 rings (SSSR count). The van der Waals surface area contributed by atoms with E-state index in [9.17, 15) is 14.9 Å². The number of carbonyl (C=O) groups excluding carboxylic acids is 1. The number of hydrogen-bond acceptors (Lipinski definition) is 5. The molecule has 0 saturated heterocycles. The van der Waals surface area contributed by atoms with Crippen molar-refractivity contribution in [1.82, 2.24) is 0 Å². The second-order valence-corrected chi connectivity index (χ2v) is 2.80. The summed E-state index contributed by atoms with van der Waals surface area (Å²) in [5.41, 5.74) is 4.23. The van der Waals surface area contributed by atoms with Gasteiger partial charge in [0.1, 0.15) is 17.4 Å². The van der Waals surface area contributed by atoms with Crippen molar-refractivity contribution in [3.63, 3.8) is 0 Å². The first-order valence-electron chi connectivity index (χ1n) is 4.07. The lowest BCUT2D eigenvalue weighted by atomic mass is 10.1. The zero-order valence-corrected chi connectivity index (χ0v) is 8.26. The molecule has 0 aliphatic rings. The average Bonchev–Trinajstić information content (AvgIpc) is 2.26. The van der Waals surface area contributed by atoms with Crippen molar-refractivity contribution in [3.05, 3.63) is 33.4 Å². The van der Waals surface area contributed by atoms with Gasteiger partial charge in [0.2, 0.25) is 0 Å². The van der Waals surface area contributed by atoms with Crippen LogP contribution in [0, 0.1) is 21.4 Å². The number of nitriles is 1. The molecule has 1 aromatic carbocycles. The van der Waals surface area contributed by atoms with Crippen molar-refractivity contribution in [3.8, 4) is 11.8 Å². The minimum absolute atomic E-state index is 0.0367. The summed E-state index contributed by atoms with van der Waals surface area (Å²) in [4.78, 5) is 20.8. The Bertz CT molecular complexity index is 504. The molecule has 0 fully saturated rings. The number of benzene rings is 1. The van der Waals surface area contributed by atoms with Gasteiger partial charge in [-0.25, -0.2) is 0 Å². The van der Waals surface area contributed by atoms with Crippen molar-refractivity contribution in [2.45, 2.75) is 0 Å². The minimum atomic E-state index is -0.857. The molecule has 16 heavy (non-hydrogen) atoms. The summed E-state index contributed by atoms with van der Waals surface area (Å²) in [6, 6.07) is 3.68. The maximum Gasteiger partial charge on any atom is 0.288 e. The summed E-state index contributed by atoms with van der Waals surface area (Å²) >= 11 is 0. The molecule has 0 aliphatic carbocycles. The molecule has 2 N–H and O–H groups in total. The molecule has 82 valence electrons. The van der Waals surface area contributed by atoms with Gasteiger partial charge in [0.25, 0.3) is 11.6 Å². The highest BCUT2D eigenvalue weighted by molar-refractivity contribution is 5.96. The Morgan fingerprint density at radius 3 is 2.62 bits per heavy atom. The van der Waals surface area contributed by atoms with E-state index >= 15 is 0 Å². The van der Waals surface area contributed by atoms with Crippen molar-refractivity contribution in [2.75, 3.05) is 7.11 Å². The first-order chi connectivity index (χ1) is 7.51. The van der Waals surface area contributed by atoms with E-state index in [1.807, 2.05) is 0 Å². The Balaban J connectivity index is 3.54. The number of nitro groups is 1. The Kier molecular flexibility index (Phi) is 3.06. The first-order valence-corrected chi connectivity index (χ1v) is 4.07. The summed E-state index contributed by atoms with van der Waals surface area (Å²) in [6.45, 7) is 0. The average molecular weight is 221 g/mol. The molecule has 7 nitrogen and oxygen atoms in total. The van der Waals surface area contributed by atoms with Crippen LogP contribution in [0.15, 0.2) is 12.1 Å². The third-order valence-corrected chi connectivity index (χ3v) is 1.90. The van der Waals surface area contributed by atoms with E-state index in [4.69, 9.17) is 15.7 Å². The molecular formula is C9H7N3O4. The fourth-order valence-electron chi connectivity index (χ4n) is 1.17. The molecule has 0 saturated carbocycles. The highest BCUT2D eigenvalue weighted by Crippen LogP contribution is 2.27. The Labute approximate surface area is 90.2 Å². The lowest BCUT2D eigenvalue weighted by molar-refractivity contribution is -0.385. The molecule has 0 heterocycles. The van der Waals surface area contributed by atoms with Crippen LogP contribution in [0.25, 0.3) is 0 Å². The van der Waals surface area contributed by atoms with Gasteiger partial charge in [-0.3, -0.25) is 14.9 Å². The SMILES string of the molecule is COc1cc(C#N)c([N+](=O)[O-])cc1C(N)=O. The molecule has 1 amide bonds. The number of methoxy groups -OCH3 is 1. The molecule has 0 radical (unpaired) electrons. The smallest absolute Gasteiger partial charge is 0.288 e. The van der Waals surface area contributed by atoms with E-state index in [1.54, 1.807) is 6.07 Å². The number of nitro benzene ring substituents is 1. The lowest BCUT2D eigenvalue weighted by Gasteiger charge is -2.05. The van der Waals surface area contributed by atoms with Gasteiger partial charge >= 0.3 is 0 Å². The van der Waals surface area contributed by atoms with Crippen LogP contribution < -0.4 is 10.5 Å². The molecule has 0 unspecified atom stereocenters. The van der Waals surface area contributed by atoms with Gasteiger partial charge in [-0.1, -0.05) is 0 Å². The second-order valence-electron chi connectivity index (χ2n) is 2.80. The highest BCUT2D eigenvalue weighted by atomic mass is 16.6. The standard InChI is InChI=1S/C9H7N3O4/c1-16-8-2-5(4-10)7(12(14)15)3-6(8)9(11)13/h2-3H,1H3,(H2,11,13). The predicted molar refractivity (Wildman–Crippen MR) is 52.9 cm³/mol. The van der Waals surface area contributed by atoms with E-state index in [1.165, 1.54) is 7.11 Å².